The van der Waals surface area contributed by atoms with E-state index in [-0.39, 0.29) is 11.7 Å². The molecule has 3 rings (SSSR count). The van der Waals surface area contributed by atoms with Crippen LogP contribution in [-0.2, 0) is 0 Å². The highest BCUT2D eigenvalue weighted by Crippen LogP contribution is 2.27. The lowest BCUT2D eigenvalue weighted by molar-refractivity contribution is -0.0498. The minimum atomic E-state index is -2.83. The van der Waals surface area contributed by atoms with Gasteiger partial charge in [0.15, 0.2) is 5.11 Å². The quantitative estimate of drug-likeness (QED) is 0.459. The second kappa shape index (κ2) is 10.5. The van der Waals surface area contributed by atoms with Gasteiger partial charge in [0.1, 0.15) is 5.75 Å². The molecule has 0 bridgehead atoms. The number of hydrogen-bond donors (Lipinski definition) is 2. The van der Waals surface area contributed by atoms with Crippen LogP contribution in [0.2, 0.25) is 0 Å². The Balaban J connectivity index is 1.55. The predicted octanol–water partition coefficient (Wildman–Crippen LogP) is 5.80. The molecule has 0 spiro atoms. The zero-order valence-corrected chi connectivity index (χ0v) is 16.5. The smallest absolute Gasteiger partial charge is 0.387 e. The van der Waals surface area contributed by atoms with Crippen molar-refractivity contribution in [2.45, 2.75) is 19.0 Å². The third kappa shape index (κ3) is 6.54. The summed E-state index contributed by atoms with van der Waals surface area (Å²) in [5.41, 5.74) is 3.22. The first kappa shape index (κ1) is 20.7. The second-order valence-electron chi connectivity index (χ2n) is 6.45. The Morgan fingerprint density at radius 2 is 1.38 bits per heavy atom. The molecule has 0 aliphatic carbocycles. The van der Waals surface area contributed by atoms with Gasteiger partial charge in [0.2, 0.25) is 0 Å². The predicted molar refractivity (Wildman–Crippen MR) is 117 cm³/mol. The van der Waals surface area contributed by atoms with Gasteiger partial charge in [-0.25, -0.2) is 0 Å². The maximum atomic E-state index is 12.2. The van der Waals surface area contributed by atoms with Crippen LogP contribution in [0, 0.1) is 0 Å². The molecule has 0 aromatic heterocycles. The van der Waals surface area contributed by atoms with Gasteiger partial charge in [0.05, 0.1) is 0 Å². The Kier molecular flexibility index (Phi) is 7.53. The fraction of sp³-hybridized carbons (Fsp3) is 0.174. The van der Waals surface area contributed by atoms with Gasteiger partial charge in [-0.15, -0.1) is 0 Å². The molecule has 3 aromatic carbocycles. The lowest BCUT2D eigenvalue weighted by Gasteiger charge is -2.19. The lowest BCUT2D eigenvalue weighted by Crippen LogP contribution is -2.30. The maximum absolute atomic E-state index is 12.2. The summed E-state index contributed by atoms with van der Waals surface area (Å²) in [5, 5.41) is 6.75. The van der Waals surface area contributed by atoms with Crippen molar-refractivity contribution in [2.24, 2.45) is 0 Å². The zero-order chi connectivity index (χ0) is 20.5. The molecule has 0 radical (unpaired) electrons. The number of benzene rings is 3. The van der Waals surface area contributed by atoms with E-state index in [1.807, 2.05) is 36.4 Å². The summed E-state index contributed by atoms with van der Waals surface area (Å²) in [7, 11) is 0. The Morgan fingerprint density at radius 1 is 0.828 bits per heavy atom. The van der Waals surface area contributed by atoms with E-state index in [0.29, 0.717) is 17.3 Å². The fourth-order valence-electron chi connectivity index (χ4n) is 3.12. The first-order chi connectivity index (χ1) is 14.1. The number of alkyl halides is 2. The van der Waals surface area contributed by atoms with E-state index in [0.717, 1.165) is 6.42 Å². The van der Waals surface area contributed by atoms with E-state index >= 15 is 0 Å². The van der Waals surface area contributed by atoms with E-state index in [2.05, 4.69) is 39.6 Å². The van der Waals surface area contributed by atoms with Crippen LogP contribution < -0.4 is 15.4 Å². The van der Waals surface area contributed by atoms with Gasteiger partial charge in [-0.05, 0) is 54.0 Å². The Hall–Kier alpha value is -2.99. The van der Waals surface area contributed by atoms with Crippen LogP contribution in [0.25, 0.3) is 0 Å². The van der Waals surface area contributed by atoms with Crippen molar-refractivity contribution in [1.29, 1.82) is 0 Å². The second-order valence-corrected chi connectivity index (χ2v) is 6.85. The van der Waals surface area contributed by atoms with Gasteiger partial charge in [-0.2, -0.15) is 8.78 Å². The Bertz CT molecular complexity index is 850. The fourth-order valence-corrected chi connectivity index (χ4v) is 3.34. The third-order valence-corrected chi connectivity index (χ3v) is 4.71. The van der Waals surface area contributed by atoms with Crippen LogP contribution in [0.15, 0.2) is 84.9 Å². The summed E-state index contributed by atoms with van der Waals surface area (Å²) in [6, 6.07) is 27.0. The summed E-state index contributed by atoms with van der Waals surface area (Å²) in [4.78, 5) is 0. The van der Waals surface area contributed by atoms with E-state index in [4.69, 9.17) is 12.2 Å². The van der Waals surface area contributed by atoms with Gasteiger partial charge in [0.25, 0.3) is 0 Å². The highest BCUT2D eigenvalue weighted by Gasteiger charge is 2.13. The molecule has 0 amide bonds. The number of hydrogen-bond acceptors (Lipinski definition) is 2. The molecule has 6 heteroatoms. The number of nitrogens with one attached hydrogen (secondary N) is 2. The molecule has 3 aromatic rings. The SMILES string of the molecule is FC(F)Oc1ccc(NC(=S)NCCC(c2ccccc2)c2ccccc2)cc1. The van der Waals surface area contributed by atoms with Crippen molar-refractivity contribution in [1.82, 2.24) is 5.32 Å². The Labute approximate surface area is 174 Å². The van der Waals surface area contributed by atoms with Gasteiger partial charge < -0.3 is 15.4 Å². The molecule has 150 valence electrons. The number of ether oxygens (including phenoxy) is 1. The van der Waals surface area contributed by atoms with Gasteiger partial charge >= 0.3 is 6.61 Å². The van der Waals surface area contributed by atoms with Crippen LogP contribution in [-0.4, -0.2) is 18.3 Å². The number of thiocarbonyl (C=S) groups is 1. The average molecular weight is 413 g/mol. The van der Waals surface area contributed by atoms with Gasteiger partial charge in [-0.3, -0.25) is 0 Å². The summed E-state index contributed by atoms with van der Waals surface area (Å²) >= 11 is 5.35. The summed E-state index contributed by atoms with van der Waals surface area (Å²) in [5.74, 6) is 0.372. The van der Waals surface area contributed by atoms with Crippen LogP contribution >= 0.6 is 12.2 Å². The van der Waals surface area contributed by atoms with Crippen molar-refractivity contribution in [3.63, 3.8) is 0 Å². The normalized spacial score (nSPS) is 10.8. The number of anilines is 1. The van der Waals surface area contributed by atoms with Crippen molar-refractivity contribution >= 4 is 23.0 Å². The molecular weight excluding hydrogens is 390 g/mol. The van der Waals surface area contributed by atoms with E-state index in [1.165, 1.54) is 23.3 Å². The van der Waals surface area contributed by atoms with Crippen LogP contribution in [0.1, 0.15) is 23.5 Å². The summed E-state index contributed by atoms with van der Waals surface area (Å²) in [6.45, 7) is -2.15. The highest BCUT2D eigenvalue weighted by molar-refractivity contribution is 7.80. The van der Waals surface area contributed by atoms with Crippen LogP contribution in [0.4, 0.5) is 14.5 Å². The third-order valence-electron chi connectivity index (χ3n) is 4.46. The molecule has 0 heterocycles. The molecule has 0 aliphatic heterocycles. The molecule has 0 fully saturated rings. The molecule has 0 saturated heterocycles. The Morgan fingerprint density at radius 3 is 1.90 bits per heavy atom. The van der Waals surface area contributed by atoms with Gasteiger partial charge in [0, 0.05) is 18.2 Å². The number of halogens is 2. The van der Waals surface area contributed by atoms with Crippen LogP contribution in [0.3, 0.4) is 0 Å². The summed E-state index contributed by atoms with van der Waals surface area (Å²) < 4.78 is 28.8. The molecule has 0 unspecified atom stereocenters. The molecule has 0 saturated carbocycles. The standard InChI is InChI=1S/C23H22F2N2OS/c24-22(25)28-20-13-11-19(12-14-20)27-23(29)26-16-15-21(17-7-3-1-4-8-17)18-9-5-2-6-10-18/h1-14,21-22H,15-16H2,(H2,26,27,29). The van der Waals surface area contributed by atoms with Crippen molar-refractivity contribution in [3.8, 4) is 5.75 Å². The van der Waals surface area contributed by atoms with Crippen molar-refractivity contribution < 1.29 is 13.5 Å². The summed E-state index contributed by atoms with van der Waals surface area (Å²) in [6.07, 6.45) is 0.872. The van der Waals surface area contributed by atoms with Gasteiger partial charge in [-0.1, -0.05) is 60.7 Å². The van der Waals surface area contributed by atoms with E-state index < -0.39 is 6.61 Å². The molecule has 3 nitrogen and oxygen atoms in total. The zero-order valence-electron chi connectivity index (χ0n) is 15.7. The molecule has 0 atom stereocenters. The van der Waals surface area contributed by atoms with E-state index in [1.54, 1.807) is 12.1 Å². The topological polar surface area (TPSA) is 33.3 Å². The highest BCUT2D eigenvalue weighted by atomic mass is 32.1. The monoisotopic (exact) mass is 412 g/mol. The molecule has 2 N–H and O–H groups in total. The van der Waals surface area contributed by atoms with E-state index in [9.17, 15) is 8.78 Å². The first-order valence-corrected chi connectivity index (χ1v) is 9.72. The van der Waals surface area contributed by atoms with Crippen LogP contribution in [0.5, 0.6) is 5.75 Å². The largest absolute Gasteiger partial charge is 0.435 e. The first-order valence-electron chi connectivity index (χ1n) is 9.31. The molecular formula is C23H22F2N2OS. The molecule has 29 heavy (non-hydrogen) atoms. The minimum Gasteiger partial charge on any atom is -0.435 e. The average Bonchev–Trinajstić information content (AvgIpc) is 2.73. The maximum Gasteiger partial charge on any atom is 0.387 e. The molecule has 0 aliphatic rings. The minimum absolute atomic E-state index is 0.109. The lowest BCUT2D eigenvalue weighted by atomic mass is 9.88. The van der Waals surface area contributed by atoms with Crippen molar-refractivity contribution in [2.75, 3.05) is 11.9 Å². The van der Waals surface area contributed by atoms with Crippen molar-refractivity contribution in [3.05, 3.63) is 96.1 Å². The number of rotatable bonds is 8.